The van der Waals surface area contributed by atoms with Gasteiger partial charge in [0.1, 0.15) is 23.8 Å². The maximum atomic E-state index is 13.6. The monoisotopic (exact) mass is 340 g/mol. The van der Waals surface area contributed by atoms with Crippen molar-refractivity contribution in [2.45, 2.75) is 26.4 Å². The van der Waals surface area contributed by atoms with E-state index in [1.807, 2.05) is 0 Å². The Morgan fingerprint density at radius 3 is 2.71 bits per heavy atom. The van der Waals surface area contributed by atoms with Gasteiger partial charge in [0, 0.05) is 12.1 Å². The summed E-state index contributed by atoms with van der Waals surface area (Å²) in [5.74, 6) is -1.20. The predicted octanol–water partition coefficient (Wildman–Crippen LogP) is 3.52. The standard InChI is InChI=1S/C16H18F2N2O4/c1-16(2,3)23-15(21)19-6-7-22-14-9-13(24-20-14)11-5-4-10(17)8-12(11)18/h4-5,8-9H,6-7H2,1-3H3,(H,19,21). The Morgan fingerprint density at radius 2 is 2.04 bits per heavy atom. The van der Waals surface area contributed by atoms with Crippen LogP contribution < -0.4 is 10.1 Å². The molecular weight excluding hydrogens is 322 g/mol. The van der Waals surface area contributed by atoms with Crippen molar-refractivity contribution in [1.82, 2.24) is 10.5 Å². The fourth-order valence-electron chi connectivity index (χ4n) is 1.77. The third-order valence-electron chi connectivity index (χ3n) is 2.71. The topological polar surface area (TPSA) is 73.6 Å². The van der Waals surface area contributed by atoms with Crippen molar-refractivity contribution in [3.05, 3.63) is 35.9 Å². The number of carbonyl (C=O) groups excluding carboxylic acids is 1. The van der Waals surface area contributed by atoms with Crippen LogP contribution in [0, 0.1) is 11.6 Å². The second kappa shape index (κ2) is 7.29. The van der Waals surface area contributed by atoms with Gasteiger partial charge in [-0.2, -0.15) is 0 Å². The number of aromatic nitrogens is 1. The third-order valence-corrected chi connectivity index (χ3v) is 2.71. The molecule has 0 saturated heterocycles. The Kier molecular flexibility index (Phi) is 5.38. The summed E-state index contributed by atoms with van der Waals surface area (Å²) in [6, 6.07) is 4.50. The molecular formula is C16H18F2N2O4. The van der Waals surface area contributed by atoms with E-state index in [2.05, 4.69) is 10.5 Å². The van der Waals surface area contributed by atoms with Gasteiger partial charge in [-0.3, -0.25) is 0 Å². The average molecular weight is 340 g/mol. The van der Waals surface area contributed by atoms with Crippen LogP contribution in [0.1, 0.15) is 20.8 Å². The molecule has 1 heterocycles. The molecule has 1 aromatic heterocycles. The van der Waals surface area contributed by atoms with Gasteiger partial charge in [0.25, 0.3) is 5.88 Å². The van der Waals surface area contributed by atoms with Crippen molar-refractivity contribution in [1.29, 1.82) is 0 Å². The summed E-state index contributed by atoms with van der Waals surface area (Å²) < 4.78 is 41.8. The first-order valence-corrected chi connectivity index (χ1v) is 7.26. The SMILES string of the molecule is CC(C)(C)OC(=O)NCCOc1cc(-c2ccc(F)cc2F)on1. The number of nitrogens with one attached hydrogen (secondary N) is 1. The first-order valence-electron chi connectivity index (χ1n) is 7.26. The zero-order chi connectivity index (χ0) is 17.7. The van der Waals surface area contributed by atoms with Gasteiger partial charge in [-0.1, -0.05) is 0 Å². The number of nitrogens with zero attached hydrogens (tertiary/aromatic N) is 1. The minimum Gasteiger partial charge on any atom is -0.474 e. The highest BCUT2D eigenvalue weighted by Gasteiger charge is 2.16. The Bertz CT molecular complexity index is 710. The normalized spacial score (nSPS) is 11.2. The van der Waals surface area contributed by atoms with Crippen molar-refractivity contribution >= 4 is 6.09 Å². The average Bonchev–Trinajstić information content (AvgIpc) is 2.90. The second-order valence-corrected chi connectivity index (χ2v) is 5.93. The van der Waals surface area contributed by atoms with E-state index in [0.717, 1.165) is 12.1 Å². The number of hydrogen-bond acceptors (Lipinski definition) is 5. The lowest BCUT2D eigenvalue weighted by Crippen LogP contribution is -2.34. The minimum atomic E-state index is -0.760. The van der Waals surface area contributed by atoms with E-state index < -0.39 is 23.3 Å². The molecule has 0 aliphatic heterocycles. The van der Waals surface area contributed by atoms with Crippen molar-refractivity contribution < 1.29 is 27.6 Å². The highest BCUT2D eigenvalue weighted by Crippen LogP contribution is 2.26. The van der Waals surface area contributed by atoms with E-state index in [0.29, 0.717) is 0 Å². The Balaban J connectivity index is 1.83. The molecule has 1 aromatic carbocycles. The lowest BCUT2D eigenvalue weighted by molar-refractivity contribution is 0.0519. The number of carbonyl (C=O) groups is 1. The molecule has 0 spiro atoms. The van der Waals surface area contributed by atoms with Gasteiger partial charge in [-0.05, 0) is 38.1 Å². The maximum absolute atomic E-state index is 13.6. The number of hydrogen-bond donors (Lipinski definition) is 1. The van der Waals surface area contributed by atoms with Gasteiger partial charge in [0.2, 0.25) is 0 Å². The summed E-state index contributed by atoms with van der Waals surface area (Å²) in [5, 5.41) is 6.15. The largest absolute Gasteiger partial charge is 0.474 e. The molecule has 1 N–H and O–H groups in total. The first-order chi connectivity index (χ1) is 11.2. The van der Waals surface area contributed by atoms with E-state index in [1.165, 1.54) is 12.1 Å². The van der Waals surface area contributed by atoms with Gasteiger partial charge < -0.3 is 19.3 Å². The maximum Gasteiger partial charge on any atom is 0.407 e. The minimum absolute atomic E-state index is 0.0747. The molecule has 0 bridgehead atoms. The van der Waals surface area contributed by atoms with E-state index in [9.17, 15) is 13.6 Å². The van der Waals surface area contributed by atoms with Crippen LogP contribution in [0.25, 0.3) is 11.3 Å². The molecule has 0 atom stereocenters. The zero-order valence-electron chi connectivity index (χ0n) is 13.6. The van der Waals surface area contributed by atoms with Gasteiger partial charge in [0.05, 0.1) is 12.1 Å². The number of halogens is 2. The fraction of sp³-hybridized carbons (Fsp3) is 0.375. The predicted molar refractivity (Wildman–Crippen MR) is 81.6 cm³/mol. The van der Waals surface area contributed by atoms with Crippen LogP contribution in [0.4, 0.5) is 13.6 Å². The molecule has 1 amide bonds. The Hall–Kier alpha value is -2.64. The van der Waals surface area contributed by atoms with Crippen molar-refractivity contribution in [3.63, 3.8) is 0 Å². The van der Waals surface area contributed by atoms with Crippen molar-refractivity contribution in [2.24, 2.45) is 0 Å². The Labute approximate surface area is 137 Å². The third kappa shape index (κ3) is 5.22. The highest BCUT2D eigenvalue weighted by atomic mass is 19.1. The van der Waals surface area contributed by atoms with E-state index in [1.54, 1.807) is 20.8 Å². The van der Waals surface area contributed by atoms with Crippen LogP contribution in [-0.4, -0.2) is 30.0 Å². The molecule has 24 heavy (non-hydrogen) atoms. The molecule has 8 heteroatoms. The smallest absolute Gasteiger partial charge is 0.407 e. The van der Waals surface area contributed by atoms with Crippen LogP contribution in [-0.2, 0) is 4.74 Å². The Morgan fingerprint density at radius 1 is 1.29 bits per heavy atom. The quantitative estimate of drug-likeness (QED) is 0.843. The van der Waals surface area contributed by atoms with E-state index in [4.69, 9.17) is 14.0 Å². The molecule has 0 radical (unpaired) electrons. The number of rotatable bonds is 5. The lowest BCUT2D eigenvalue weighted by Gasteiger charge is -2.19. The molecule has 0 unspecified atom stereocenters. The molecule has 2 aromatic rings. The lowest BCUT2D eigenvalue weighted by atomic mass is 10.1. The molecule has 0 aliphatic carbocycles. The highest BCUT2D eigenvalue weighted by molar-refractivity contribution is 5.67. The van der Waals surface area contributed by atoms with Gasteiger partial charge in [0.15, 0.2) is 5.76 Å². The van der Waals surface area contributed by atoms with Crippen molar-refractivity contribution in [3.8, 4) is 17.2 Å². The molecule has 0 aliphatic rings. The summed E-state index contributed by atoms with van der Waals surface area (Å²) >= 11 is 0. The van der Waals surface area contributed by atoms with Crippen LogP contribution in [0.15, 0.2) is 28.8 Å². The molecule has 130 valence electrons. The van der Waals surface area contributed by atoms with E-state index in [-0.39, 0.29) is 30.4 Å². The molecule has 2 rings (SSSR count). The summed E-state index contributed by atoms with van der Waals surface area (Å²) in [6.07, 6.45) is -0.555. The van der Waals surface area contributed by atoms with Crippen LogP contribution in [0.2, 0.25) is 0 Å². The summed E-state index contributed by atoms with van der Waals surface area (Å²) in [6.45, 7) is 5.59. The van der Waals surface area contributed by atoms with Crippen LogP contribution >= 0.6 is 0 Å². The van der Waals surface area contributed by atoms with Crippen LogP contribution in [0.5, 0.6) is 5.88 Å². The van der Waals surface area contributed by atoms with Crippen LogP contribution in [0.3, 0.4) is 0 Å². The van der Waals surface area contributed by atoms with Crippen molar-refractivity contribution in [2.75, 3.05) is 13.2 Å². The van der Waals surface area contributed by atoms with Gasteiger partial charge >= 0.3 is 6.09 Å². The molecule has 0 saturated carbocycles. The molecule has 6 nitrogen and oxygen atoms in total. The van der Waals surface area contributed by atoms with Gasteiger partial charge in [-0.25, -0.2) is 13.6 Å². The second-order valence-electron chi connectivity index (χ2n) is 5.93. The number of amides is 1. The summed E-state index contributed by atoms with van der Waals surface area (Å²) in [4.78, 5) is 11.4. The molecule has 0 fully saturated rings. The number of alkyl carbamates (subject to hydrolysis) is 1. The zero-order valence-corrected chi connectivity index (χ0v) is 13.6. The summed E-state index contributed by atoms with van der Waals surface area (Å²) in [7, 11) is 0. The first kappa shape index (κ1) is 17.7. The van der Waals surface area contributed by atoms with E-state index >= 15 is 0 Å². The fourth-order valence-corrected chi connectivity index (χ4v) is 1.77. The summed E-state index contributed by atoms with van der Waals surface area (Å²) in [5.41, 5.74) is -0.504. The number of ether oxygens (including phenoxy) is 2. The number of benzene rings is 1. The van der Waals surface area contributed by atoms with Gasteiger partial charge in [-0.15, -0.1) is 0 Å².